The summed E-state index contributed by atoms with van der Waals surface area (Å²) in [5.41, 5.74) is 1.57. The molecule has 19 heavy (non-hydrogen) atoms. The number of nitrogens with one attached hydrogen (secondary N) is 1. The van der Waals surface area contributed by atoms with Gasteiger partial charge in [0.25, 0.3) is 0 Å². The summed E-state index contributed by atoms with van der Waals surface area (Å²) in [7, 11) is 0. The van der Waals surface area contributed by atoms with Crippen LogP contribution >= 0.6 is 39.1 Å². The van der Waals surface area contributed by atoms with Crippen LogP contribution in [0.4, 0.5) is 5.69 Å². The Bertz CT molecular complexity index is 616. The van der Waals surface area contributed by atoms with Gasteiger partial charge >= 0.3 is 0 Å². The van der Waals surface area contributed by atoms with Gasteiger partial charge in [-0.25, -0.2) is 0 Å². The van der Waals surface area contributed by atoms with Crippen LogP contribution < -0.4 is 5.32 Å². The monoisotopic (exact) mass is 357 g/mol. The van der Waals surface area contributed by atoms with Crippen LogP contribution in [-0.2, 0) is 11.2 Å². The third-order valence-electron chi connectivity index (χ3n) is 2.46. The first-order chi connectivity index (χ1) is 9.04. The molecule has 0 heterocycles. The zero-order valence-corrected chi connectivity index (χ0v) is 12.9. The van der Waals surface area contributed by atoms with E-state index in [2.05, 4.69) is 21.2 Å². The molecular weight excluding hydrogens is 349 g/mol. The van der Waals surface area contributed by atoms with Crippen LogP contribution in [0.15, 0.2) is 46.9 Å². The molecule has 0 aromatic heterocycles. The van der Waals surface area contributed by atoms with Gasteiger partial charge in [0.1, 0.15) is 0 Å². The van der Waals surface area contributed by atoms with E-state index >= 15 is 0 Å². The predicted molar refractivity (Wildman–Crippen MR) is 82.9 cm³/mol. The van der Waals surface area contributed by atoms with E-state index in [1.807, 2.05) is 12.1 Å². The van der Waals surface area contributed by atoms with Crippen molar-refractivity contribution in [2.45, 2.75) is 6.42 Å². The lowest BCUT2D eigenvalue weighted by Crippen LogP contribution is -2.14. The number of benzene rings is 2. The maximum absolute atomic E-state index is 11.9. The van der Waals surface area contributed by atoms with E-state index in [-0.39, 0.29) is 12.3 Å². The van der Waals surface area contributed by atoms with Gasteiger partial charge in [0.15, 0.2) is 0 Å². The van der Waals surface area contributed by atoms with Crippen molar-refractivity contribution in [2.24, 2.45) is 0 Å². The maximum Gasteiger partial charge on any atom is 0.228 e. The largest absolute Gasteiger partial charge is 0.326 e. The molecule has 2 rings (SSSR count). The van der Waals surface area contributed by atoms with Crippen LogP contribution in [0.1, 0.15) is 5.56 Å². The van der Waals surface area contributed by atoms with Crippen LogP contribution in [-0.4, -0.2) is 5.91 Å². The summed E-state index contributed by atoms with van der Waals surface area (Å²) in [4.78, 5) is 11.9. The zero-order chi connectivity index (χ0) is 13.8. The lowest BCUT2D eigenvalue weighted by atomic mass is 10.1. The second kappa shape index (κ2) is 6.42. The molecule has 0 fully saturated rings. The van der Waals surface area contributed by atoms with Crippen molar-refractivity contribution >= 4 is 50.7 Å². The van der Waals surface area contributed by atoms with E-state index < -0.39 is 0 Å². The summed E-state index contributed by atoms with van der Waals surface area (Å²) in [5.74, 6) is -0.100. The quantitative estimate of drug-likeness (QED) is 0.827. The Morgan fingerprint density at radius 1 is 1.16 bits per heavy atom. The van der Waals surface area contributed by atoms with Crippen molar-refractivity contribution in [3.05, 3.63) is 62.5 Å². The number of halogens is 3. The molecular formula is C14H10BrCl2NO. The number of rotatable bonds is 3. The van der Waals surface area contributed by atoms with E-state index in [0.29, 0.717) is 15.7 Å². The fourth-order valence-corrected chi connectivity index (χ4v) is 2.32. The Hall–Kier alpha value is -1.03. The van der Waals surface area contributed by atoms with Gasteiger partial charge in [0.2, 0.25) is 5.91 Å². The molecule has 1 N–H and O–H groups in total. The number of carbonyl (C=O) groups excluding carboxylic acids is 1. The molecule has 0 radical (unpaired) electrons. The standard InChI is InChI=1S/C14H10BrCl2NO/c15-12-8-11(4-5-13(12)17)18-14(19)7-9-2-1-3-10(16)6-9/h1-6,8H,7H2,(H,18,19). The highest BCUT2D eigenvalue weighted by atomic mass is 79.9. The molecule has 0 aliphatic carbocycles. The lowest BCUT2D eigenvalue weighted by Gasteiger charge is -2.06. The van der Waals surface area contributed by atoms with E-state index in [1.165, 1.54) is 0 Å². The van der Waals surface area contributed by atoms with Crippen LogP contribution in [0, 0.1) is 0 Å². The summed E-state index contributed by atoms with van der Waals surface area (Å²) in [5, 5.41) is 4.04. The number of hydrogen-bond donors (Lipinski definition) is 1. The Balaban J connectivity index is 2.03. The van der Waals surface area contributed by atoms with Crippen LogP contribution in [0.3, 0.4) is 0 Å². The normalized spacial score (nSPS) is 10.3. The number of anilines is 1. The Morgan fingerprint density at radius 3 is 2.63 bits per heavy atom. The minimum Gasteiger partial charge on any atom is -0.326 e. The highest BCUT2D eigenvalue weighted by molar-refractivity contribution is 9.10. The fourth-order valence-electron chi connectivity index (χ4n) is 1.61. The summed E-state index contributed by atoms with van der Waals surface area (Å²) in [6.45, 7) is 0. The first kappa shape index (κ1) is 14.4. The first-order valence-corrected chi connectivity index (χ1v) is 7.09. The summed E-state index contributed by atoms with van der Waals surface area (Å²) < 4.78 is 0.745. The van der Waals surface area contributed by atoms with Gasteiger partial charge in [-0.05, 0) is 51.8 Å². The molecule has 0 bridgehead atoms. The molecule has 1 amide bonds. The van der Waals surface area contributed by atoms with Gasteiger partial charge < -0.3 is 5.32 Å². The average Bonchev–Trinajstić information content (AvgIpc) is 2.34. The molecule has 5 heteroatoms. The van der Waals surface area contributed by atoms with Gasteiger partial charge in [-0.2, -0.15) is 0 Å². The zero-order valence-electron chi connectivity index (χ0n) is 9.79. The first-order valence-electron chi connectivity index (χ1n) is 5.54. The Kier molecular flexibility index (Phi) is 4.86. The lowest BCUT2D eigenvalue weighted by molar-refractivity contribution is -0.115. The maximum atomic E-state index is 11.9. The molecule has 0 saturated carbocycles. The SMILES string of the molecule is O=C(Cc1cccc(Cl)c1)Nc1ccc(Cl)c(Br)c1. The molecule has 0 aliphatic rings. The summed E-state index contributed by atoms with van der Waals surface area (Å²) in [6, 6.07) is 12.5. The van der Waals surface area contributed by atoms with Crippen molar-refractivity contribution in [3.63, 3.8) is 0 Å². The molecule has 2 aromatic rings. The highest BCUT2D eigenvalue weighted by Gasteiger charge is 2.06. The van der Waals surface area contributed by atoms with Crippen molar-refractivity contribution < 1.29 is 4.79 Å². The van der Waals surface area contributed by atoms with Gasteiger partial charge in [-0.1, -0.05) is 35.3 Å². The van der Waals surface area contributed by atoms with Gasteiger partial charge in [0, 0.05) is 15.2 Å². The predicted octanol–water partition coefficient (Wildman–Crippen LogP) is 4.94. The number of carbonyl (C=O) groups is 1. The summed E-state index contributed by atoms with van der Waals surface area (Å²) >= 11 is 15.1. The van der Waals surface area contributed by atoms with E-state index in [9.17, 15) is 4.79 Å². The summed E-state index contributed by atoms with van der Waals surface area (Å²) in [6.07, 6.45) is 0.279. The van der Waals surface area contributed by atoms with Gasteiger partial charge in [-0.15, -0.1) is 0 Å². The fraction of sp³-hybridized carbons (Fsp3) is 0.0714. The van der Waals surface area contributed by atoms with E-state index in [4.69, 9.17) is 23.2 Å². The van der Waals surface area contributed by atoms with Crippen molar-refractivity contribution in [3.8, 4) is 0 Å². The van der Waals surface area contributed by atoms with Crippen molar-refractivity contribution in [1.29, 1.82) is 0 Å². The van der Waals surface area contributed by atoms with Crippen LogP contribution in [0.2, 0.25) is 10.0 Å². The Labute approximate surface area is 129 Å². The number of amides is 1. The Morgan fingerprint density at radius 2 is 1.95 bits per heavy atom. The molecule has 2 nitrogen and oxygen atoms in total. The number of hydrogen-bond acceptors (Lipinski definition) is 1. The molecule has 0 aliphatic heterocycles. The third-order valence-corrected chi connectivity index (χ3v) is 3.91. The smallest absolute Gasteiger partial charge is 0.228 e. The topological polar surface area (TPSA) is 29.1 Å². The minimum atomic E-state index is -0.100. The van der Waals surface area contributed by atoms with Crippen LogP contribution in [0.25, 0.3) is 0 Å². The average molecular weight is 359 g/mol. The molecule has 0 unspecified atom stereocenters. The second-order valence-electron chi connectivity index (χ2n) is 3.98. The van der Waals surface area contributed by atoms with Crippen LogP contribution in [0.5, 0.6) is 0 Å². The van der Waals surface area contributed by atoms with Crippen molar-refractivity contribution in [1.82, 2.24) is 0 Å². The molecule has 2 aromatic carbocycles. The second-order valence-corrected chi connectivity index (χ2v) is 5.68. The molecule has 98 valence electrons. The van der Waals surface area contributed by atoms with Gasteiger partial charge in [0.05, 0.1) is 11.4 Å². The van der Waals surface area contributed by atoms with E-state index in [1.54, 1.807) is 30.3 Å². The minimum absolute atomic E-state index is 0.100. The highest BCUT2D eigenvalue weighted by Crippen LogP contribution is 2.25. The molecule has 0 spiro atoms. The van der Waals surface area contributed by atoms with E-state index in [0.717, 1.165) is 10.0 Å². The van der Waals surface area contributed by atoms with Gasteiger partial charge in [-0.3, -0.25) is 4.79 Å². The molecule has 0 atom stereocenters. The third kappa shape index (κ3) is 4.23. The van der Waals surface area contributed by atoms with Crippen molar-refractivity contribution in [2.75, 3.05) is 5.32 Å². The molecule has 0 saturated heterocycles.